The molecule has 0 aliphatic heterocycles. The van der Waals surface area contributed by atoms with Crippen LogP contribution in [0, 0.1) is 12.8 Å². The van der Waals surface area contributed by atoms with E-state index in [4.69, 9.17) is 16.7 Å². The number of carboxylic acid groups (broad SMARTS) is 1. The number of rotatable bonds is 5. The van der Waals surface area contributed by atoms with Crippen LogP contribution in [0.5, 0.6) is 0 Å². The molecule has 1 amide bonds. The highest BCUT2D eigenvalue weighted by atomic mass is 35.5. The molecule has 0 unspecified atom stereocenters. The van der Waals surface area contributed by atoms with E-state index in [1.165, 1.54) is 10.9 Å². The molecule has 0 saturated heterocycles. The minimum absolute atomic E-state index is 0.392. The van der Waals surface area contributed by atoms with Gasteiger partial charge in [-0.1, -0.05) is 11.6 Å². The van der Waals surface area contributed by atoms with Crippen LogP contribution in [-0.4, -0.2) is 26.3 Å². The molecule has 2 aromatic heterocycles. The molecule has 6 heteroatoms. The van der Waals surface area contributed by atoms with Gasteiger partial charge in [0.25, 0.3) is 0 Å². The molecule has 1 saturated carbocycles. The van der Waals surface area contributed by atoms with Gasteiger partial charge in [-0.2, -0.15) is 0 Å². The van der Waals surface area contributed by atoms with Gasteiger partial charge in [0.1, 0.15) is 0 Å². The van der Waals surface area contributed by atoms with Crippen LogP contribution in [0.15, 0.2) is 42.9 Å². The van der Waals surface area contributed by atoms with Crippen molar-refractivity contribution in [1.82, 2.24) is 14.9 Å². The van der Waals surface area contributed by atoms with Crippen molar-refractivity contribution < 1.29 is 9.90 Å². The molecule has 2 N–H and O–H groups in total. The van der Waals surface area contributed by atoms with Crippen molar-refractivity contribution >= 4 is 28.6 Å². The highest BCUT2D eigenvalue weighted by molar-refractivity contribution is 6.30. The summed E-state index contributed by atoms with van der Waals surface area (Å²) in [7, 11) is 0. The second kappa shape index (κ2) is 8.54. The molecule has 1 aliphatic rings. The molecule has 164 valence electrons. The predicted molar refractivity (Wildman–Crippen MR) is 125 cm³/mol. The van der Waals surface area contributed by atoms with Crippen molar-refractivity contribution in [3.05, 3.63) is 59.0 Å². The summed E-state index contributed by atoms with van der Waals surface area (Å²) in [4.78, 5) is 15.4. The Hall–Kier alpha value is -2.53. The van der Waals surface area contributed by atoms with E-state index in [0.717, 1.165) is 53.9 Å². The highest BCUT2D eigenvalue weighted by Gasteiger charge is 2.30. The summed E-state index contributed by atoms with van der Waals surface area (Å²) in [6.45, 7) is 6.03. The summed E-state index contributed by atoms with van der Waals surface area (Å²) in [5.41, 5.74) is 4.38. The minimum Gasteiger partial charge on any atom is -0.465 e. The quantitative estimate of drug-likeness (QED) is 0.464. The summed E-state index contributed by atoms with van der Waals surface area (Å²) in [5.74, 6) is 1.05. The number of halogens is 1. The lowest BCUT2D eigenvalue weighted by molar-refractivity contribution is 0.171. The number of nitrogens with one attached hydrogen (secondary N) is 1. The summed E-state index contributed by atoms with van der Waals surface area (Å²) in [6, 6.07) is 8.13. The van der Waals surface area contributed by atoms with Gasteiger partial charge in [0, 0.05) is 34.0 Å². The molecular weight excluding hydrogens is 410 g/mol. The first-order valence-corrected chi connectivity index (χ1v) is 11.3. The molecule has 0 radical (unpaired) electrons. The first kappa shape index (κ1) is 21.7. The van der Waals surface area contributed by atoms with Crippen LogP contribution < -0.4 is 5.32 Å². The highest BCUT2D eigenvalue weighted by Crippen LogP contribution is 2.42. The van der Waals surface area contributed by atoms with Crippen molar-refractivity contribution in [3.63, 3.8) is 0 Å². The van der Waals surface area contributed by atoms with Gasteiger partial charge in [-0.05, 0) is 100 Å². The van der Waals surface area contributed by atoms with E-state index in [1.807, 2.05) is 38.4 Å². The molecule has 1 aromatic carbocycles. The van der Waals surface area contributed by atoms with E-state index < -0.39 is 11.6 Å². The van der Waals surface area contributed by atoms with Gasteiger partial charge in [-0.3, -0.25) is 4.98 Å². The molecule has 2 heterocycles. The minimum atomic E-state index is -0.947. The third-order valence-corrected chi connectivity index (χ3v) is 6.82. The molecule has 31 heavy (non-hydrogen) atoms. The molecule has 3 aromatic rings. The van der Waals surface area contributed by atoms with Gasteiger partial charge < -0.3 is 15.0 Å². The van der Waals surface area contributed by atoms with E-state index in [1.54, 1.807) is 0 Å². The Bertz CT molecular complexity index is 1100. The van der Waals surface area contributed by atoms with Crippen LogP contribution in [0.4, 0.5) is 4.79 Å². The molecular formula is C25H30ClN3O2. The van der Waals surface area contributed by atoms with E-state index >= 15 is 0 Å². The number of hydrogen-bond acceptors (Lipinski definition) is 2. The van der Waals surface area contributed by atoms with Crippen molar-refractivity contribution in [2.45, 2.75) is 64.3 Å². The van der Waals surface area contributed by atoms with Gasteiger partial charge in [-0.25, -0.2) is 4.79 Å². The number of amides is 1. The Kier molecular flexibility index (Phi) is 5.98. The average molecular weight is 440 g/mol. The van der Waals surface area contributed by atoms with Gasteiger partial charge >= 0.3 is 6.09 Å². The van der Waals surface area contributed by atoms with Crippen molar-refractivity contribution in [2.75, 3.05) is 0 Å². The zero-order chi connectivity index (χ0) is 22.2. The SMILES string of the molecule is Cc1cc(Cl)ccc1-n1cc(C2CCC(CC(C)(C)NC(=O)O)CC2)c2ccncc21. The van der Waals surface area contributed by atoms with Crippen LogP contribution in [0.3, 0.4) is 0 Å². The third-order valence-electron chi connectivity index (χ3n) is 6.59. The average Bonchev–Trinajstić information content (AvgIpc) is 3.07. The lowest BCUT2D eigenvalue weighted by Crippen LogP contribution is -2.44. The van der Waals surface area contributed by atoms with Crippen LogP contribution in [0.25, 0.3) is 16.6 Å². The number of aromatic nitrogens is 2. The molecule has 5 nitrogen and oxygen atoms in total. The first-order chi connectivity index (χ1) is 14.7. The summed E-state index contributed by atoms with van der Waals surface area (Å²) in [6.07, 6.45) is 10.5. The van der Waals surface area contributed by atoms with Crippen LogP contribution in [0.1, 0.15) is 63.0 Å². The number of fused-ring (bicyclic) bond motifs is 1. The van der Waals surface area contributed by atoms with E-state index in [9.17, 15) is 4.79 Å². The van der Waals surface area contributed by atoms with Crippen molar-refractivity contribution in [1.29, 1.82) is 0 Å². The predicted octanol–water partition coefficient (Wildman–Crippen LogP) is 6.70. The topological polar surface area (TPSA) is 67.2 Å². The molecule has 1 aliphatic carbocycles. The van der Waals surface area contributed by atoms with Gasteiger partial charge in [0.2, 0.25) is 0 Å². The van der Waals surface area contributed by atoms with Gasteiger partial charge in [-0.15, -0.1) is 0 Å². The Morgan fingerprint density at radius 2 is 2.00 bits per heavy atom. The van der Waals surface area contributed by atoms with Crippen molar-refractivity contribution in [2.24, 2.45) is 5.92 Å². The Labute approximate surface area is 188 Å². The lowest BCUT2D eigenvalue weighted by Gasteiger charge is -2.34. The van der Waals surface area contributed by atoms with Crippen molar-refractivity contribution in [3.8, 4) is 5.69 Å². The second-order valence-corrected chi connectivity index (χ2v) is 9.95. The fourth-order valence-electron chi connectivity index (χ4n) is 5.25. The maximum absolute atomic E-state index is 11.1. The normalized spacial score (nSPS) is 19.5. The van der Waals surface area contributed by atoms with E-state index in [-0.39, 0.29) is 0 Å². The molecule has 0 atom stereocenters. The number of carbonyl (C=O) groups is 1. The standard InChI is InChI=1S/C25H30ClN3O2/c1-16-12-19(26)8-9-22(16)29-15-21(20-10-11-27-14-23(20)29)18-6-4-17(5-7-18)13-25(2,3)28-24(30)31/h8-12,14-15,17-18,28H,4-7,13H2,1-3H3,(H,30,31). The number of nitrogens with zero attached hydrogens (tertiary/aromatic N) is 2. The zero-order valence-corrected chi connectivity index (χ0v) is 19.1. The third kappa shape index (κ3) is 4.72. The second-order valence-electron chi connectivity index (χ2n) is 9.51. The number of aryl methyl sites for hydroxylation is 1. The number of pyridine rings is 1. The fourth-order valence-corrected chi connectivity index (χ4v) is 5.48. The molecule has 4 rings (SSSR count). The Balaban J connectivity index is 1.57. The van der Waals surface area contributed by atoms with E-state index in [2.05, 4.69) is 40.1 Å². The summed E-state index contributed by atoms with van der Waals surface area (Å²) < 4.78 is 2.25. The molecule has 0 spiro atoms. The Morgan fingerprint density at radius 1 is 1.26 bits per heavy atom. The largest absolute Gasteiger partial charge is 0.465 e. The Morgan fingerprint density at radius 3 is 2.68 bits per heavy atom. The fraction of sp³-hybridized carbons (Fsp3) is 0.440. The maximum Gasteiger partial charge on any atom is 0.405 e. The molecule has 0 bridgehead atoms. The summed E-state index contributed by atoms with van der Waals surface area (Å²) in [5, 5.41) is 13.7. The number of benzene rings is 1. The number of hydrogen-bond donors (Lipinski definition) is 2. The van der Waals surface area contributed by atoms with Crippen LogP contribution in [-0.2, 0) is 0 Å². The summed E-state index contributed by atoms with van der Waals surface area (Å²) >= 11 is 6.18. The first-order valence-electron chi connectivity index (χ1n) is 11.0. The molecule has 1 fully saturated rings. The monoisotopic (exact) mass is 439 g/mol. The zero-order valence-electron chi connectivity index (χ0n) is 18.4. The van der Waals surface area contributed by atoms with Gasteiger partial charge in [0.05, 0.1) is 11.7 Å². The smallest absolute Gasteiger partial charge is 0.405 e. The van der Waals surface area contributed by atoms with Crippen LogP contribution in [0.2, 0.25) is 5.02 Å². The van der Waals surface area contributed by atoms with Gasteiger partial charge in [0.15, 0.2) is 0 Å². The lowest BCUT2D eigenvalue weighted by atomic mass is 9.75. The maximum atomic E-state index is 11.1. The van der Waals surface area contributed by atoms with Crippen LogP contribution >= 0.6 is 11.6 Å². The van der Waals surface area contributed by atoms with E-state index in [0.29, 0.717) is 11.8 Å².